The molecule has 0 radical (unpaired) electrons. The van der Waals surface area contributed by atoms with Crippen LogP contribution in [0, 0.1) is 0 Å². The van der Waals surface area contributed by atoms with Crippen molar-refractivity contribution in [3.63, 3.8) is 0 Å². The number of benzene rings is 1. The molecule has 0 atom stereocenters. The largest absolute Gasteiger partial charge is 0.561 e. The van der Waals surface area contributed by atoms with Gasteiger partial charge in [0, 0.05) is 5.56 Å². The van der Waals surface area contributed by atoms with Crippen LogP contribution in [-0.2, 0) is 11.1 Å². The average Bonchev–Trinajstić information content (AvgIpc) is 2.36. The summed E-state index contributed by atoms with van der Waals surface area (Å²) >= 11 is 0. The molecule has 84 valence electrons. The minimum atomic E-state index is 0.359. The van der Waals surface area contributed by atoms with E-state index in [0.717, 1.165) is 31.2 Å². The first-order valence-electron chi connectivity index (χ1n) is 6.30. The molecule has 1 aliphatic carbocycles. The molecule has 0 aromatic heterocycles. The van der Waals surface area contributed by atoms with Crippen LogP contribution in [0.3, 0.4) is 0 Å². The van der Waals surface area contributed by atoms with Crippen LogP contribution in [0.4, 0.5) is 0 Å². The smallest absolute Gasteiger partial charge is 0.357 e. The highest BCUT2D eigenvalue weighted by molar-refractivity contribution is 6.52. The van der Waals surface area contributed by atoms with Gasteiger partial charge in [-0.15, -0.1) is 0 Å². The Morgan fingerprint density at radius 1 is 1.19 bits per heavy atom. The molecule has 0 saturated heterocycles. The lowest BCUT2D eigenvalue weighted by Gasteiger charge is -2.21. The van der Waals surface area contributed by atoms with Gasteiger partial charge in [0.05, 0.1) is 0 Å². The Morgan fingerprint density at radius 2 is 1.94 bits per heavy atom. The third kappa shape index (κ3) is 2.32. The molecule has 0 saturated carbocycles. The van der Waals surface area contributed by atoms with E-state index in [1.54, 1.807) is 0 Å². The molecule has 1 aliphatic rings. The standard InChI is InChI=1S/C14H19BO/c1-3-15(4-2)16-14-11-7-9-12-8-5-6-10-13(12)14/h5-6,8,10-11H,3-4,7,9H2,1-2H3. The number of fused-ring (bicyclic) bond motifs is 1. The molecule has 1 aromatic carbocycles. The Bertz CT molecular complexity index is 380. The first-order valence-corrected chi connectivity index (χ1v) is 6.30. The zero-order valence-corrected chi connectivity index (χ0v) is 10.2. The SMILES string of the molecule is CCB(CC)OC1=CCCc2ccccc21. The summed E-state index contributed by atoms with van der Waals surface area (Å²) in [4.78, 5) is 0. The van der Waals surface area contributed by atoms with Crippen LogP contribution in [0.2, 0.25) is 12.6 Å². The monoisotopic (exact) mass is 214 g/mol. The molecule has 0 amide bonds. The molecule has 1 aromatic rings. The lowest BCUT2D eigenvalue weighted by molar-refractivity contribution is 0.517. The maximum absolute atomic E-state index is 6.08. The summed E-state index contributed by atoms with van der Waals surface area (Å²) in [5.41, 5.74) is 2.71. The Balaban J connectivity index is 2.19. The van der Waals surface area contributed by atoms with Gasteiger partial charge in [0.2, 0.25) is 0 Å². The summed E-state index contributed by atoms with van der Waals surface area (Å²) in [6.07, 6.45) is 6.64. The van der Waals surface area contributed by atoms with E-state index in [2.05, 4.69) is 44.2 Å². The Hall–Kier alpha value is -1.18. The molecule has 0 N–H and O–H groups in total. The first-order chi connectivity index (χ1) is 7.85. The molecule has 0 unspecified atom stereocenters. The number of aryl methyl sites for hydroxylation is 1. The minimum Gasteiger partial charge on any atom is -0.561 e. The van der Waals surface area contributed by atoms with Crippen molar-refractivity contribution in [2.24, 2.45) is 0 Å². The van der Waals surface area contributed by atoms with Crippen LogP contribution in [0.1, 0.15) is 31.4 Å². The fraction of sp³-hybridized carbons (Fsp3) is 0.429. The van der Waals surface area contributed by atoms with Crippen LogP contribution in [0.25, 0.3) is 5.76 Å². The van der Waals surface area contributed by atoms with Gasteiger partial charge < -0.3 is 4.65 Å². The van der Waals surface area contributed by atoms with Crippen molar-refractivity contribution in [3.05, 3.63) is 41.5 Å². The van der Waals surface area contributed by atoms with Gasteiger partial charge in [-0.3, -0.25) is 0 Å². The van der Waals surface area contributed by atoms with E-state index in [-0.39, 0.29) is 0 Å². The Kier molecular flexibility index (Phi) is 3.71. The van der Waals surface area contributed by atoms with E-state index in [1.165, 1.54) is 11.1 Å². The second kappa shape index (κ2) is 5.24. The summed E-state index contributed by atoms with van der Waals surface area (Å²) in [7, 11) is 0. The van der Waals surface area contributed by atoms with Crippen LogP contribution in [0.15, 0.2) is 30.3 Å². The fourth-order valence-corrected chi connectivity index (χ4v) is 2.19. The van der Waals surface area contributed by atoms with Crippen molar-refractivity contribution in [1.29, 1.82) is 0 Å². The lowest BCUT2D eigenvalue weighted by Crippen LogP contribution is -2.16. The molecule has 0 heterocycles. The van der Waals surface area contributed by atoms with Crippen molar-refractivity contribution < 1.29 is 4.65 Å². The van der Waals surface area contributed by atoms with Crippen LogP contribution in [-0.4, -0.2) is 6.92 Å². The second-order valence-electron chi connectivity index (χ2n) is 4.32. The van der Waals surface area contributed by atoms with Gasteiger partial charge in [0.15, 0.2) is 0 Å². The molecule has 0 spiro atoms. The Labute approximate surface area is 98.6 Å². The number of hydrogen-bond donors (Lipinski definition) is 0. The molecule has 0 bridgehead atoms. The molecule has 2 heteroatoms. The van der Waals surface area contributed by atoms with Crippen molar-refractivity contribution >= 4 is 12.7 Å². The third-order valence-electron chi connectivity index (χ3n) is 3.23. The van der Waals surface area contributed by atoms with E-state index in [0.29, 0.717) is 6.92 Å². The molecule has 0 aliphatic heterocycles. The van der Waals surface area contributed by atoms with E-state index in [4.69, 9.17) is 4.65 Å². The number of rotatable bonds is 4. The maximum atomic E-state index is 6.08. The molecule has 16 heavy (non-hydrogen) atoms. The van der Waals surface area contributed by atoms with E-state index < -0.39 is 0 Å². The van der Waals surface area contributed by atoms with Crippen LogP contribution < -0.4 is 0 Å². The summed E-state index contributed by atoms with van der Waals surface area (Å²) in [6, 6.07) is 8.58. The lowest BCUT2D eigenvalue weighted by atomic mass is 9.62. The highest BCUT2D eigenvalue weighted by Crippen LogP contribution is 2.28. The Morgan fingerprint density at radius 3 is 2.69 bits per heavy atom. The molecule has 2 rings (SSSR count). The predicted octanol–water partition coefficient (Wildman–Crippen LogP) is 4.02. The van der Waals surface area contributed by atoms with Crippen molar-refractivity contribution in [3.8, 4) is 0 Å². The second-order valence-corrected chi connectivity index (χ2v) is 4.32. The van der Waals surface area contributed by atoms with Gasteiger partial charge in [0.1, 0.15) is 5.76 Å². The van der Waals surface area contributed by atoms with Crippen LogP contribution >= 0.6 is 0 Å². The molecular weight excluding hydrogens is 195 g/mol. The maximum Gasteiger partial charge on any atom is 0.357 e. The average molecular weight is 214 g/mol. The number of allylic oxidation sites excluding steroid dienone is 1. The van der Waals surface area contributed by atoms with Crippen molar-refractivity contribution in [2.45, 2.75) is 39.3 Å². The molecule has 1 nitrogen and oxygen atoms in total. The van der Waals surface area contributed by atoms with E-state index in [9.17, 15) is 0 Å². The van der Waals surface area contributed by atoms with Crippen molar-refractivity contribution in [1.82, 2.24) is 0 Å². The number of hydrogen-bond acceptors (Lipinski definition) is 1. The van der Waals surface area contributed by atoms with Gasteiger partial charge >= 0.3 is 6.92 Å². The summed E-state index contributed by atoms with van der Waals surface area (Å²) in [6.45, 7) is 4.73. The fourth-order valence-electron chi connectivity index (χ4n) is 2.19. The minimum absolute atomic E-state index is 0.359. The predicted molar refractivity (Wildman–Crippen MR) is 70.5 cm³/mol. The van der Waals surface area contributed by atoms with Gasteiger partial charge in [0.25, 0.3) is 0 Å². The topological polar surface area (TPSA) is 9.23 Å². The molecular formula is C14H19BO. The normalized spacial score (nSPS) is 14.0. The van der Waals surface area contributed by atoms with Gasteiger partial charge in [-0.25, -0.2) is 0 Å². The zero-order valence-electron chi connectivity index (χ0n) is 10.2. The summed E-state index contributed by atoms with van der Waals surface area (Å²) in [5, 5.41) is 0. The first kappa shape index (κ1) is 11.3. The van der Waals surface area contributed by atoms with Gasteiger partial charge in [-0.05, 0) is 37.1 Å². The third-order valence-corrected chi connectivity index (χ3v) is 3.23. The van der Waals surface area contributed by atoms with Crippen molar-refractivity contribution in [2.75, 3.05) is 0 Å². The molecule has 0 fully saturated rings. The highest BCUT2D eigenvalue weighted by atomic mass is 16.4. The zero-order chi connectivity index (χ0) is 11.4. The highest BCUT2D eigenvalue weighted by Gasteiger charge is 2.18. The van der Waals surface area contributed by atoms with E-state index >= 15 is 0 Å². The van der Waals surface area contributed by atoms with E-state index in [1.807, 2.05) is 0 Å². The van der Waals surface area contributed by atoms with Gasteiger partial charge in [-0.1, -0.05) is 38.1 Å². The van der Waals surface area contributed by atoms with Crippen LogP contribution in [0.5, 0.6) is 0 Å². The summed E-state index contributed by atoms with van der Waals surface area (Å²) in [5.74, 6) is 1.09. The quantitative estimate of drug-likeness (QED) is 0.687. The van der Waals surface area contributed by atoms with Gasteiger partial charge in [-0.2, -0.15) is 0 Å². The summed E-state index contributed by atoms with van der Waals surface area (Å²) < 4.78 is 6.08.